The number of nitro benzene ring substituents is 1. The van der Waals surface area contributed by atoms with E-state index in [9.17, 15) is 24.8 Å². The van der Waals surface area contributed by atoms with Crippen molar-refractivity contribution in [3.63, 3.8) is 0 Å². The maximum Gasteiger partial charge on any atom is 0.271 e. The predicted octanol–water partition coefficient (Wildman–Crippen LogP) is 1.26. The zero-order valence-corrected chi connectivity index (χ0v) is 10.1. The Morgan fingerprint density at radius 1 is 1.47 bits per heavy atom. The molecule has 1 aromatic rings. The van der Waals surface area contributed by atoms with Gasteiger partial charge in [-0.05, 0) is 0 Å². The molecule has 7 nitrogen and oxygen atoms in total. The first-order chi connectivity index (χ1) is 8.95. The van der Waals surface area contributed by atoms with Crippen molar-refractivity contribution in [2.24, 2.45) is 0 Å². The Labute approximate surface area is 108 Å². The number of carbonyl (C=O) groups is 2. The number of aromatic hydroxyl groups is 1. The Kier molecular flexibility index (Phi) is 4.76. The number of hydrogen-bond donors (Lipinski definition) is 2. The lowest BCUT2D eigenvalue weighted by Gasteiger charge is -2.03. The van der Waals surface area contributed by atoms with Crippen LogP contribution in [-0.4, -0.2) is 28.8 Å². The van der Waals surface area contributed by atoms with E-state index in [2.05, 4.69) is 5.32 Å². The van der Waals surface area contributed by atoms with E-state index < -0.39 is 4.92 Å². The molecular weight excluding hydrogens is 252 g/mol. The molecule has 0 saturated carbocycles. The molecule has 0 aliphatic rings. The Morgan fingerprint density at radius 2 is 2.11 bits per heavy atom. The number of phenols is 1. The quantitative estimate of drug-likeness (QED) is 0.472. The SMILES string of the molecule is CC(=O)NCC=Cc1cc([N+](=O)[O-])cc(C=O)c1O. The topological polar surface area (TPSA) is 110 Å². The van der Waals surface area contributed by atoms with Gasteiger partial charge in [0.25, 0.3) is 5.69 Å². The van der Waals surface area contributed by atoms with Gasteiger partial charge >= 0.3 is 0 Å². The molecule has 100 valence electrons. The lowest BCUT2D eigenvalue weighted by Crippen LogP contribution is -2.19. The standard InChI is InChI=1S/C12H12N2O5/c1-8(16)13-4-2-3-9-5-11(14(18)19)6-10(7-15)12(9)17/h2-3,5-7,17H,4H2,1H3,(H,13,16). The molecule has 1 aromatic carbocycles. The number of hydrogen-bond acceptors (Lipinski definition) is 5. The first-order valence-corrected chi connectivity index (χ1v) is 5.33. The highest BCUT2D eigenvalue weighted by molar-refractivity contribution is 5.84. The summed E-state index contributed by atoms with van der Waals surface area (Å²) in [5.74, 6) is -0.554. The molecule has 0 unspecified atom stereocenters. The number of rotatable bonds is 5. The highest BCUT2D eigenvalue weighted by Crippen LogP contribution is 2.28. The molecule has 2 N–H and O–H groups in total. The number of non-ortho nitro benzene ring substituents is 1. The fourth-order valence-corrected chi connectivity index (χ4v) is 1.37. The smallest absolute Gasteiger partial charge is 0.271 e. The average Bonchev–Trinajstić information content (AvgIpc) is 2.35. The summed E-state index contributed by atoms with van der Waals surface area (Å²) in [6.07, 6.45) is 3.24. The molecule has 0 fully saturated rings. The fraction of sp³-hybridized carbons (Fsp3) is 0.167. The van der Waals surface area contributed by atoms with Gasteiger partial charge in [0.2, 0.25) is 5.91 Å². The molecule has 0 atom stereocenters. The van der Waals surface area contributed by atoms with Crippen LogP contribution in [0.25, 0.3) is 6.08 Å². The summed E-state index contributed by atoms with van der Waals surface area (Å²) in [5.41, 5.74) is -0.311. The van der Waals surface area contributed by atoms with Crippen LogP contribution in [0.3, 0.4) is 0 Å². The molecule has 0 aliphatic heterocycles. The lowest BCUT2D eigenvalue weighted by atomic mass is 10.1. The van der Waals surface area contributed by atoms with Crippen molar-refractivity contribution in [3.8, 4) is 5.75 Å². The van der Waals surface area contributed by atoms with Crippen LogP contribution in [-0.2, 0) is 4.79 Å². The fourth-order valence-electron chi connectivity index (χ4n) is 1.37. The second-order valence-corrected chi connectivity index (χ2v) is 3.69. The Hall–Kier alpha value is -2.70. The van der Waals surface area contributed by atoms with Crippen LogP contribution in [0.1, 0.15) is 22.8 Å². The highest BCUT2D eigenvalue weighted by atomic mass is 16.6. The third-order valence-electron chi connectivity index (χ3n) is 2.26. The first kappa shape index (κ1) is 14.4. The summed E-state index contributed by atoms with van der Waals surface area (Å²) in [4.78, 5) is 31.4. The van der Waals surface area contributed by atoms with E-state index >= 15 is 0 Å². The number of amides is 1. The molecule has 0 aromatic heterocycles. The monoisotopic (exact) mass is 264 g/mol. The first-order valence-electron chi connectivity index (χ1n) is 5.33. The zero-order chi connectivity index (χ0) is 14.4. The van der Waals surface area contributed by atoms with Gasteiger partial charge in [0.15, 0.2) is 6.29 Å². The van der Waals surface area contributed by atoms with Crippen LogP contribution >= 0.6 is 0 Å². The molecule has 0 bridgehead atoms. The maximum atomic E-state index is 10.7. The van der Waals surface area contributed by atoms with Crippen molar-refractivity contribution in [1.29, 1.82) is 0 Å². The van der Waals surface area contributed by atoms with Crippen molar-refractivity contribution in [2.45, 2.75) is 6.92 Å². The van der Waals surface area contributed by atoms with E-state index in [0.29, 0.717) is 6.29 Å². The number of aldehydes is 1. The van der Waals surface area contributed by atoms with Gasteiger partial charge < -0.3 is 10.4 Å². The molecule has 0 aliphatic carbocycles. The summed E-state index contributed by atoms with van der Waals surface area (Å²) < 4.78 is 0. The minimum absolute atomic E-state index is 0.140. The summed E-state index contributed by atoms with van der Waals surface area (Å²) in [5, 5.41) is 22.9. The van der Waals surface area contributed by atoms with E-state index in [1.807, 2.05) is 0 Å². The summed E-state index contributed by atoms with van der Waals surface area (Å²) in [7, 11) is 0. The molecule has 7 heteroatoms. The van der Waals surface area contributed by atoms with Crippen molar-refractivity contribution in [1.82, 2.24) is 5.32 Å². The van der Waals surface area contributed by atoms with Crippen molar-refractivity contribution >= 4 is 24.0 Å². The number of nitrogens with zero attached hydrogens (tertiary/aromatic N) is 1. The van der Waals surface area contributed by atoms with Crippen LogP contribution in [0.4, 0.5) is 5.69 Å². The number of benzene rings is 1. The Bertz CT molecular complexity index is 551. The number of nitro groups is 1. The van der Waals surface area contributed by atoms with Gasteiger partial charge in [0.1, 0.15) is 5.75 Å². The van der Waals surface area contributed by atoms with Crippen LogP contribution in [0, 0.1) is 10.1 Å². The van der Waals surface area contributed by atoms with Crippen molar-refractivity contribution < 1.29 is 19.6 Å². The number of carbonyl (C=O) groups excluding carboxylic acids is 2. The van der Waals surface area contributed by atoms with E-state index in [0.717, 1.165) is 12.1 Å². The molecular formula is C12H12N2O5. The molecule has 0 radical (unpaired) electrons. The number of phenolic OH excluding ortho intramolecular Hbond substituents is 1. The summed E-state index contributed by atoms with van der Waals surface area (Å²) in [6, 6.07) is 2.14. The van der Waals surface area contributed by atoms with Gasteiger partial charge in [0, 0.05) is 31.2 Å². The van der Waals surface area contributed by atoms with Gasteiger partial charge in [-0.25, -0.2) is 0 Å². The van der Waals surface area contributed by atoms with Crippen molar-refractivity contribution in [2.75, 3.05) is 6.54 Å². The molecule has 0 heterocycles. The largest absolute Gasteiger partial charge is 0.507 e. The van der Waals surface area contributed by atoms with Crippen LogP contribution < -0.4 is 5.32 Å². The van der Waals surface area contributed by atoms with Gasteiger partial charge in [-0.3, -0.25) is 19.7 Å². The van der Waals surface area contributed by atoms with Gasteiger partial charge in [0.05, 0.1) is 10.5 Å². The third-order valence-corrected chi connectivity index (χ3v) is 2.26. The molecule has 0 spiro atoms. The highest BCUT2D eigenvalue weighted by Gasteiger charge is 2.14. The third kappa shape index (κ3) is 3.91. The molecule has 0 saturated heterocycles. The number of nitrogens with one attached hydrogen (secondary N) is 1. The van der Waals surface area contributed by atoms with Gasteiger partial charge in [-0.2, -0.15) is 0 Å². The maximum absolute atomic E-state index is 10.7. The Balaban J connectivity index is 3.05. The predicted molar refractivity (Wildman–Crippen MR) is 67.9 cm³/mol. The second kappa shape index (κ2) is 6.29. The average molecular weight is 264 g/mol. The Morgan fingerprint density at radius 3 is 2.63 bits per heavy atom. The van der Waals surface area contributed by atoms with E-state index in [1.165, 1.54) is 19.1 Å². The van der Waals surface area contributed by atoms with Crippen molar-refractivity contribution in [3.05, 3.63) is 39.4 Å². The summed E-state index contributed by atoms with van der Waals surface area (Å²) >= 11 is 0. The molecule has 1 rings (SSSR count). The summed E-state index contributed by atoms with van der Waals surface area (Å²) in [6.45, 7) is 1.57. The second-order valence-electron chi connectivity index (χ2n) is 3.69. The van der Waals surface area contributed by atoms with Crippen LogP contribution in [0.2, 0.25) is 0 Å². The van der Waals surface area contributed by atoms with E-state index in [4.69, 9.17) is 0 Å². The van der Waals surface area contributed by atoms with Gasteiger partial charge in [-0.1, -0.05) is 12.2 Å². The normalized spacial score (nSPS) is 10.4. The van der Waals surface area contributed by atoms with Crippen LogP contribution in [0.15, 0.2) is 18.2 Å². The molecule has 1 amide bonds. The molecule has 19 heavy (non-hydrogen) atoms. The van der Waals surface area contributed by atoms with E-state index in [-0.39, 0.29) is 35.0 Å². The van der Waals surface area contributed by atoms with E-state index in [1.54, 1.807) is 0 Å². The lowest BCUT2D eigenvalue weighted by molar-refractivity contribution is -0.384. The van der Waals surface area contributed by atoms with Gasteiger partial charge in [-0.15, -0.1) is 0 Å². The minimum atomic E-state index is -0.655. The zero-order valence-electron chi connectivity index (χ0n) is 10.1. The van der Waals surface area contributed by atoms with Crippen LogP contribution in [0.5, 0.6) is 5.75 Å². The minimum Gasteiger partial charge on any atom is -0.507 e.